The molecule has 0 unspecified atom stereocenters. The van der Waals surface area contributed by atoms with Gasteiger partial charge in [0.05, 0.1) is 17.6 Å². The van der Waals surface area contributed by atoms with Crippen LogP contribution in [0, 0.1) is 17.0 Å². The van der Waals surface area contributed by atoms with Crippen LogP contribution in [-0.4, -0.2) is 31.0 Å². The topological polar surface area (TPSA) is 124 Å². The number of rotatable bonds is 3. The summed E-state index contributed by atoms with van der Waals surface area (Å²) in [7, 11) is -3.68. The SMILES string of the molecule is COC(=O)c1c(S(=O)(=O)O)ccc([N+](=O)[O-])c1C. The van der Waals surface area contributed by atoms with Crippen molar-refractivity contribution in [2.75, 3.05) is 7.11 Å². The lowest BCUT2D eigenvalue weighted by molar-refractivity contribution is -0.385. The fraction of sp³-hybridized carbons (Fsp3) is 0.222. The van der Waals surface area contributed by atoms with Crippen LogP contribution >= 0.6 is 0 Å². The molecule has 0 aromatic heterocycles. The van der Waals surface area contributed by atoms with Crippen molar-refractivity contribution in [2.24, 2.45) is 0 Å². The van der Waals surface area contributed by atoms with Crippen LogP contribution in [0.2, 0.25) is 0 Å². The Balaban J connectivity index is 3.73. The molecule has 98 valence electrons. The van der Waals surface area contributed by atoms with Crippen LogP contribution in [0.5, 0.6) is 0 Å². The molecule has 0 aliphatic heterocycles. The predicted octanol–water partition coefficient (Wildman–Crippen LogP) is 0.937. The number of hydrogen-bond acceptors (Lipinski definition) is 6. The first-order valence-electron chi connectivity index (χ1n) is 4.54. The van der Waals surface area contributed by atoms with E-state index in [1.54, 1.807) is 0 Å². The molecule has 0 aliphatic carbocycles. The second-order valence-electron chi connectivity index (χ2n) is 3.31. The van der Waals surface area contributed by atoms with E-state index in [4.69, 9.17) is 4.55 Å². The third-order valence-corrected chi connectivity index (χ3v) is 3.16. The minimum absolute atomic E-state index is 0.193. The van der Waals surface area contributed by atoms with Gasteiger partial charge in [0.1, 0.15) is 4.90 Å². The fourth-order valence-corrected chi connectivity index (χ4v) is 2.18. The van der Waals surface area contributed by atoms with Crippen molar-refractivity contribution in [1.29, 1.82) is 0 Å². The van der Waals surface area contributed by atoms with Crippen LogP contribution < -0.4 is 0 Å². The van der Waals surface area contributed by atoms with Crippen molar-refractivity contribution < 1.29 is 27.4 Å². The molecule has 0 heterocycles. The number of hydrogen-bond donors (Lipinski definition) is 1. The van der Waals surface area contributed by atoms with Gasteiger partial charge in [0.15, 0.2) is 0 Å². The first-order chi connectivity index (χ1) is 8.20. The molecule has 0 saturated carbocycles. The third kappa shape index (κ3) is 2.46. The zero-order valence-corrected chi connectivity index (χ0v) is 10.2. The first kappa shape index (κ1) is 14.1. The monoisotopic (exact) mass is 275 g/mol. The molecule has 8 nitrogen and oxygen atoms in total. The molecule has 18 heavy (non-hydrogen) atoms. The van der Waals surface area contributed by atoms with Crippen LogP contribution in [0.4, 0.5) is 5.69 Å². The maximum Gasteiger partial charge on any atom is 0.339 e. The Morgan fingerprint density at radius 2 is 2.00 bits per heavy atom. The molecule has 1 rings (SSSR count). The summed E-state index contributed by atoms with van der Waals surface area (Å²) >= 11 is 0. The molecule has 0 spiro atoms. The van der Waals surface area contributed by atoms with Gasteiger partial charge in [0.25, 0.3) is 15.8 Å². The van der Waals surface area contributed by atoms with Crippen LogP contribution in [0.1, 0.15) is 15.9 Å². The number of methoxy groups -OCH3 is 1. The molecule has 0 amide bonds. The van der Waals surface area contributed by atoms with Gasteiger partial charge in [0.2, 0.25) is 0 Å². The third-order valence-electron chi connectivity index (χ3n) is 2.26. The Kier molecular flexibility index (Phi) is 3.67. The molecule has 0 atom stereocenters. The normalized spacial score (nSPS) is 11.1. The Labute approximate surface area is 102 Å². The van der Waals surface area contributed by atoms with E-state index >= 15 is 0 Å². The van der Waals surface area contributed by atoms with Gasteiger partial charge >= 0.3 is 5.97 Å². The summed E-state index contributed by atoms with van der Waals surface area (Å²) in [6, 6.07) is 1.68. The molecule has 1 aromatic carbocycles. The van der Waals surface area contributed by atoms with Crippen LogP contribution in [0.25, 0.3) is 0 Å². The second kappa shape index (κ2) is 4.70. The quantitative estimate of drug-likeness (QED) is 0.376. The van der Waals surface area contributed by atoms with Crippen LogP contribution in [-0.2, 0) is 14.9 Å². The number of benzene rings is 1. The lowest BCUT2D eigenvalue weighted by Crippen LogP contribution is -2.13. The molecule has 0 aliphatic rings. The molecule has 9 heteroatoms. The number of nitrogens with zero attached hydrogens (tertiary/aromatic N) is 1. The van der Waals surface area contributed by atoms with E-state index in [9.17, 15) is 23.3 Å². The summed E-state index contributed by atoms with van der Waals surface area (Å²) in [6.45, 7) is 1.19. The van der Waals surface area contributed by atoms with Gasteiger partial charge in [0, 0.05) is 11.6 Å². The van der Waals surface area contributed by atoms with Crippen LogP contribution in [0.3, 0.4) is 0 Å². The summed E-state index contributed by atoms with van der Waals surface area (Å²) < 4.78 is 35.5. The summed E-state index contributed by atoms with van der Waals surface area (Å²) in [6.07, 6.45) is 0. The number of esters is 1. The number of carbonyl (C=O) groups is 1. The summed E-state index contributed by atoms with van der Waals surface area (Å²) in [5.74, 6) is -1.08. The van der Waals surface area contributed by atoms with E-state index in [1.807, 2.05) is 0 Å². The van der Waals surface area contributed by atoms with Crippen LogP contribution in [0.15, 0.2) is 17.0 Å². The minimum atomic E-state index is -4.68. The molecule has 0 radical (unpaired) electrons. The molecule has 1 N–H and O–H groups in total. The lowest BCUT2D eigenvalue weighted by Gasteiger charge is -2.08. The largest absolute Gasteiger partial charge is 0.465 e. The average molecular weight is 275 g/mol. The van der Waals surface area contributed by atoms with Gasteiger partial charge in [-0.15, -0.1) is 0 Å². The summed E-state index contributed by atoms with van der Waals surface area (Å²) in [5, 5.41) is 10.7. The Bertz CT molecular complexity index is 620. The highest BCUT2D eigenvalue weighted by atomic mass is 32.2. The maximum atomic E-state index is 11.5. The standard InChI is InChI=1S/C9H9NO7S/c1-5-6(10(12)13)3-4-7(18(14,15)16)8(5)9(11)17-2/h3-4H,1-2H3,(H,14,15,16). The second-order valence-corrected chi connectivity index (χ2v) is 4.70. The maximum absolute atomic E-state index is 11.5. The Hall–Kier alpha value is -2.00. The molecule has 0 saturated heterocycles. The van der Waals surface area contributed by atoms with E-state index in [2.05, 4.69) is 4.74 Å². The van der Waals surface area contributed by atoms with Crippen molar-refractivity contribution in [3.63, 3.8) is 0 Å². The van der Waals surface area contributed by atoms with E-state index in [1.165, 1.54) is 6.92 Å². The van der Waals surface area contributed by atoms with Gasteiger partial charge in [-0.2, -0.15) is 8.42 Å². The smallest absolute Gasteiger partial charge is 0.339 e. The van der Waals surface area contributed by atoms with Crippen molar-refractivity contribution >= 4 is 21.8 Å². The van der Waals surface area contributed by atoms with Crippen molar-refractivity contribution in [3.05, 3.63) is 33.4 Å². The Morgan fingerprint density at radius 3 is 2.39 bits per heavy atom. The minimum Gasteiger partial charge on any atom is -0.465 e. The predicted molar refractivity (Wildman–Crippen MR) is 59.0 cm³/mol. The molecular formula is C9H9NO7S. The van der Waals surface area contributed by atoms with Gasteiger partial charge < -0.3 is 4.74 Å². The molecule has 0 bridgehead atoms. The first-order valence-corrected chi connectivity index (χ1v) is 5.98. The van der Waals surface area contributed by atoms with Gasteiger partial charge in [-0.1, -0.05) is 0 Å². The number of nitro benzene ring substituents is 1. The number of carbonyl (C=O) groups excluding carboxylic acids is 1. The summed E-state index contributed by atoms with van der Waals surface area (Å²) in [5.41, 5.74) is -1.18. The van der Waals surface area contributed by atoms with Crippen molar-refractivity contribution in [1.82, 2.24) is 0 Å². The average Bonchev–Trinajstić information content (AvgIpc) is 2.25. The van der Waals surface area contributed by atoms with E-state index < -0.39 is 37.2 Å². The van der Waals surface area contributed by atoms with Crippen molar-refractivity contribution in [2.45, 2.75) is 11.8 Å². The zero-order valence-electron chi connectivity index (χ0n) is 9.41. The number of nitro groups is 1. The zero-order chi connectivity index (χ0) is 14.1. The molecule has 1 aromatic rings. The van der Waals surface area contributed by atoms with E-state index in [-0.39, 0.29) is 5.56 Å². The Morgan fingerprint density at radius 1 is 1.44 bits per heavy atom. The van der Waals surface area contributed by atoms with Gasteiger partial charge in [-0.05, 0) is 13.0 Å². The number of ether oxygens (including phenoxy) is 1. The molecular weight excluding hydrogens is 266 g/mol. The van der Waals surface area contributed by atoms with Gasteiger partial charge in [-0.3, -0.25) is 14.7 Å². The van der Waals surface area contributed by atoms with Gasteiger partial charge in [-0.25, -0.2) is 4.79 Å². The highest BCUT2D eigenvalue weighted by Crippen LogP contribution is 2.28. The van der Waals surface area contributed by atoms with Crippen molar-refractivity contribution in [3.8, 4) is 0 Å². The lowest BCUT2D eigenvalue weighted by atomic mass is 10.1. The highest BCUT2D eigenvalue weighted by Gasteiger charge is 2.28. The van der Waals surface area contributed by atoms with E-state index in [0.29, 0.717) is 0 Å². The molecule has 0 fully saturated rings. The fourth-order valence-electron chi connectivity index (χ4n) is 1.44. The van der Waals surface area contributed by atoms with E-state index in [0.717, 1.165) is 19.2 Å². The highest BCUT2D eigenvalue weighted by molar-refractivity contribution is 7.86. The summed E-state index contributed by atoms with van der Waals surface area (Å²) in [4.78, 5) is 20.7.